The van der Waals surface area contributed by atoms with E-state index in [0.717, 1.165) is 12.8 Å². The Morgan fingerprint density at radius 3 is 1.92 bits per heavy atom. The summed E-state index contributed by atoms with van der Waals surface area (Å²) in [5.74, 6) is -0.188. The van der Waals surface area contributed by atoms with E-state index in [1.54, 1.807) is 0 Å². The lowest BCUT2D eigenvalue weighted by Gasteiger charge is -2.20. The molecule has 0 aliphatic rings. The Morgan fingerprint density at radius 2 is 1.67 bits per heavy atom. The number of halogens is 1. The number of Topliss-reactive ketones (excluding diaryl/α,β-unsaturated/α-hetero) is 2. The van der Waals surface area contributed by atoms with Gasteiger partial charge in [-0.15, -0.1) is 0 Å². The maximum Gasteiger partial charge on any atom is 0.153 e. The molecule has 0 spiro atoms. The van der Waals surface area contributed by atoms with Crippen molar-refractivity contribution in [2.24, 2.45) is 0 Å². The lowest BCUT2D eigenvalue weighted by atomic mass is 9.94. The third kappa shape index (κ3) is 2.70. The van der Waals surface area contributed by atoms with Gasteiger partial charge in [-0.1, -0.05) is 35.7 Å². The summed E-state index contributed by atoms with van der Waals surface area (Å²) >= 11 is 3.22. The van der Waals surface area contributed by atoms with Gasteiger partial charge in [-0.2, -0.15) is 0 Å². The van der Waals surface area contributed by atoms with E-state index in [0.29, 0.717) is 6.42 Å². The number of alkyl halides is 1. The molecule has 0 amide bonds. The van der Waals surface area contributed by atoms with Gasteiger partial charge in [0, 0.05) is 0 Å². The normalized spacial score (nSPS) is 11.3. The molecule has 0 saturated carbocycles. The van der Waals surface area contributed by atoms with E-state index < -0.39 is 4.32 Å². The van der Waals surface area contributed by atoms with Crippen molar-refractivity contribution in [3.63, 3.8) is 0 Å². The van der Waals surface area contributed by atoms with Gasteiger partial charge < -0.3 is 0 Å². The predicted octanol–water partition coefficient (Wildman–Crippen LogP) is 2.49. The SMILES string of the molecule is CCCCC(Br)(C(C)=O)C(C)=O. The van der Waals surface area contributed by atoms with Gasteiger partial charge in [0.2, 0.25) is 0 Å². The highest BCUT2D eigenvalue weighted by atomic mass is 79.9. The lowest BCUT2D eigenvalue weighted by Crippen LogP contribution is -2.37. The van der Waals surface area contributed by atoms with Crippen LogP contribution >= 0.6 is 15.9 Å². The topological polar surface area (TPSA) is 34.1 Å². The molecule has 12 heavy (non-hydrogen) atoms. The van der Waals surface area contributed by atoms with Crippen LogP contribution in [-0.2, 0) is 9.59 Å². The second-order valence-electron chi connectivity index (χ2n) is 3.02. The smallest absolute Gasteiger partial charge is 0.153 e. The average molecular weight is 235 g/mol. The monoisotopic (exact) mass is 234 g/mol. The summed E-state index contributed by atoms with van der Waals surface area (Å²) in [6.07, 6.45) is 2.49. The van der Waals surface area contributed by atoms with E-state index >= 15 is 0 Å². The number of ketones is 2. The molecule has 0 radical (unpaired) electrons. The fraction of sp³-hybridized carbons (Fsp3) is 0.778. The number of hydrogen-bond donors (Lipinski definition) is 0. The van der Waals surface area contributed by atoms with Gasteiger partial charge in [0.25, 0.3) is 0 Å². The van der Waals surface area contributed by atoms with Crippen LogP contribution in [0.3, 0.4) is 0 Å². The number of carbonyl (C=O) groups is 2. The summed E-state index contributed by atoms with van der Waals surface area (Å²) in [5, 5.41) is 0. The Morgan fingerprint density at radius 1 is 1.25 bits per heavy atom. The summed E-state index contributed by atoms with van der Waals surface area (Å²) in [7, 11) is 0. The second kappa shape index (κ2) is 4.75. The summed E-state index contributed by atoms with van der Waals surface area (Å²) < 4.78 is -0.914. The first-order valence-electron chi connectivity index (χ1n) is 4.16. The first kappa shape index (κ1) is 11.8. The van der Waals surface area contributed by atoms with Gasteiger partial charge in [-0.3, -0.25) is 9.59 Å². The molecular weight excluding hydrogens is 220 g/mol. The first-order valence-corrected chi connectivity index (χ1v) is 4.95. The summed E-state index contributed by atoms with van der Waals surface area (Å²) in [6.45, 7) is 4.94. The molecule has 3 heteroatoms. The molecule has 0 aliphatic carbocycles. The van der Waals surface area contributed by atoms with Gasteiger partial charge in [-0.05, 0) is 20.3 Å². The van der Waals surface area contributed by atoms with E-state index in [1.165, 1.54) is 13.8 Å². The lowest BCUT2D eigenvalue weighted by molar-refractivity contribution is -0.128. The Balaban J connectivity index is 4.40. The number of hydrogen-bond acceptors (Lipinski definition) is 2. The zero-order valence-corrected chi connectivity index (χ0v) is 9.40. The molecule has 0 aromatic carbocycles. The van der Waals surface area contributed by atoms with Crippen molar-refractivity contribution in [2.45, 2.75) is 44.4 Å². The van der Waals surface area contributed by atoms with E-state index in [-0.39, 0.29) is 11.6 Å². The van der Waals surface area contributed by atoms with Gasteiger partial charge in [-0.25, -0.2) is 0 Å². The largest absolute Gasteiger partial charge is 0.298 e. The minimum Gasteiger partial charge on any atom is -0.298 e. The molecular formula is C9H15BrO2. The molecule has 0 saturated heterocycles. The molecule has 0 aliphatic heterocycles. The standard InChI is InChI=1S/C9H15BrO2/c1-4-5-6-9(10,7(2)11)8(3)12/h4-6H2,1-3H3. The molecule has 0 aromatic rings. The number of rotatable bonds is 5. The molecule has 0 heterocycles. The van der Waals surface area contributed by atoms with Gasteiger partial charge in [0.1, 0.15) is 4.32 Å². The van der Waals surface area contributed by atoms with Crippen molar-refractivity contribution < 1.29 is 9.59 Å². The Hall–Kier alpha value is -0.180. The maximum absolute atomic E-state index is 11.1. The highest BCUT2D eigenvalue weighted by Gasteiger charge is 2.36. The molecule has 0 bridgehead atoms. The molecule has 0 atom stereocenters. The summed E-state index contributed by atoms with van der Waals surface area (Å²) in [5.41, 5.74) is 0. The van der Waals surface area contributed by atoms with Crippen molar-refractivity contribution in [1.29, 1.82) is 0 Å². The fourth-order valence-corrected chi connectivity index (χ4v) is 1.30. The van der Waals surface area contributed by atoms with Crippen molar-refractivity contribution in [3.8, 4) is 0 Å². The molecule has 0 rings (SSSR count). The molecule has 0 unspecified atom stereocenters. The highest BCUT2D eigenvalue weighted by molar-refractivity contribution is 9.10. The Bertz CT molecular complexity index is 173. The Kier molecular flexibility index (Phi) is 4.68. The van der Waals surface area contributed by atoms with Gasteiger partial charge in [0.05, 0.1) is 0 Å². The van der Waals surface area contributed by atoms with Crippen LogP contribution < -0.4 is 0 Å². The molecule has 0 fully saturated rings. The van der Waals surface area contributed by atoms with Crippen LogP contribution in [0.2, 0.25) is 0 Å². The van der Waals surface area contributed by atoms with Crippen LogP contribution in [0.15, 0.2) is 0 Å². The van der Waals surface area contributed by atoms with Crippen LogP contribution in [0.5, 0.6) is 0 Å². The third-order valence-electron chi connectivity index (χ3n) is 1.99. The van der Waals surface area contributed by atoms with Gasteiger partial charge >= 0.3 is 0 Å². The fourth-order valence-electron chi connectivity index (χ4n) is 1.02. The second-order valence-corrected chi connectivity index (χ2v) is 4.37. The predicted molar refractivity (Wildman–Crippen MR) is 52.5 cm³/mol. The van der Waals surface area contributed by atoms with E-state index in [1.807, 2.05) is 6.92 Å². The van der Waals surface area contributed by atoms with Crippen LogP contribution in [0.1, 0.15) is 40.0 Å². The van der Waals surface area contributed by atoms with Crippen molar-refractivity contribution in [1.82, 2.24) is 0 Å². The summed E-state index contributed by atoms with van der Waals surface area (Å²) in [6, 6.07) is 0. The van der Waals surface area contributed by atoms with Crippen molar-refractivity contribution in [3.05, 3.63) is 0 Å². The molecule has 2 nitrogen and oxygen atoms in total. The van der Waals surface area contributed by atoms with E-state index in [9.17, 15) is 9.59 Å². The average Bonchev–Trinajstić information content (AvgIpc) is 1.99. The summed E-state index contributed by atoms with van der Waals surface area (Å²) in [4.78, 5) is 22.3. The zero-order chi connectivity index (χ0) is 9.78. The molecule has 0 N–H and O–H groups in total. The third-order valence-corrected chi connectivity index (χ3v) is 3.50. The minimum absolute atomic E-state index is 0.0940. The van der Waals surface area contributed by atoms with Crippen LogP contribution in [0.25, 0.3) is 0 Å². The van der Waals surface area contributed by atoms with E-state index in [4.69, 9.17) is 0 Å². The van der Waals surface area contributed by atoms with Gasteiger partial charge in [0.15, 0.2) is 11.6 Å². The zero-order valence-electron chi connectivity index (χ0n) is 7.82. The Labute approximate surface area is 81.8 Å². The van der Waals surface area contributed by atoms with Crippen LogP contribution in [0, 0.1) is 0 Å². The number of unbranched alkanes of at least 4 members (excludes halogenated alkanes) is 1. The number of carbonyl (C=O) groups excluding carboxylic acids is 2. The highest BCUT2D eigenvalue weighted by Crippen LogP contribution is 2.27. The first-order chi connectivity index (χ1) is 5.45. The van der Waals surface area contributed by atoms with Crippen LogP contribution in [0.4, 0.5) is 0 Å². The van der Waals surface area contributed by atoms with Crippen molar-refractivity contribution >= 4 is 27.5 Å². The maximum atomic E-state index is 11.1. The molecule has 0 aromatic heterocycles. The minimum atomic E-state index is -0.914. The van der Waals surface area contributed by atoms with Crippen LogP contribution in [-0.4, -0.2) is 15.9 Å². The quantitative estimate of drug-likeness (QED) is 0.542. The van der Waals surface area contributed by atoms with E-state index in [2.05, 4.69) is 15.9 Å². The van der Waals surface area contributed by atoms with Crippen molar-refractivity contribution in [2.75, 3.05) is 0 Å². The molecule has 70 valence electrons.